The number of methoxy groups -OCH3 is 4. The molecule has 5 nitrogen and oxygen atoms in total. The van der Waals surface area contributed by atoms with Gasteiger partial charge in [-0.15, -0.1) is 0 Å². The first-order valence-corrected chi connectivity index (χ1v) is 8.61. The first kappa shape index (κ1) is 19.2. The second-order valence-electron chi connectivity index (χ2n) is 5.88. The van der Waals surface area contributed by atoms with Gasteiger partial charge in [0.1, 0.15) is 23.0 Å². The molecule has 0 fully saturated rings. The van der Waals surface area contributed by atoms with E-state index in [2.05, 4.69) is 0 Å². The lowest BCUT2D eigenvalue weighted by Crippen LogP contribution is -2.00. The van der Waals surface area contributed by atoms with Gasteiger partial charge in [-0.3, -0.25) is 0 Å². The first-order chi connectivity index (χ1) is 12.2. The summed E-state index contributed by atoms with van der Waals surface area (Å²) >= 11 is 0. The summed E-state index contributed by atoms with van der Waals surface area (Å²) in [6.07, 6.45) is 4.85. The van der Waals surface area contributed by atoms with Crippen LogP contribution in [0.5, 0.6) is 23.0 Å². The second-order valence-corrected chi connectivity index (χ2v) is 5.88. The minimum Gasteiger partial charge on any atom is -0.496 e. The Labute approximate surface area is 149 Å². The molecule has 0 aliphatic rings. The minimum absolute atomic E-state index is 0.254. The molecule has 0 saturated heterocycles. The van der Waals surface area contributed by atoms with Crippen LogP contribution in [-0.4, -0.2) is 40.2 Å². The van der Waals surface area contributed by atoms with Crippen LogP contribution in [0.25, 0.3) is 10.8 Å². The van der Waals surface area contributed by atoms with Crippen LogP contribution in [0.3, 0.4) is 0 Å². The standard InChI is InChI=1S/C20H28O5/c1-22-15-10-11-16(23-2)19-18(15)17(24-3)13-14(20(19)25-4)9-7-5-6-8-12-21/h10-11,13,21H,5-9,12H2,1-4H3. The van der Waals surface area contributed by atoms with Gasteiger partial charge in [-0.2, -0.15) is 0 Å². The maximum absolute atomic E-state index is 8.90. The Morgan fingerprint density at radius 3 is 1.88 bits per heavy atom. The predicted octanol–water partition coefficient (Wildman–Crippen LogP) is 3.97. The topological polar surface area (TPSA) is 57.2 Å². The molecule has 0 unspecified atom stereocenters. The summed E-state index contributed by atoms with van der Waals surface area (Å²) < 4.78 is 22.5. The summed E-state index contributed by atoms with van der Waals surface area (Å²) in [6, 6.07) is 5.78. The van der Waals surface area contributed by atoms with Gasteiger partial charge in [0.2, 0.25) is 0 Å². The zero-order valence-electron chi connectivity index (χ0n) is 15.6. The van der Waals surface area contributed by atoms with Crippen molar-refractivity contribution < 1.29 is 24.1 Å². The molecule has 0 saturated carbocycles. The van der Waals surface area contributed by atoms with Crippen molar-refractivity contribution in [3.05, 3.63) is 23.8 Å². The van der Waals surface area contributed by atoms with Gasteiger partial charge >= 0.3 is 0 Å². The smallest absolute Gasteiger partial charge is 0.134 e. The molecule has 0 bridgehead atoms. The summed E-state index contributed by atoms with van der Waals surface area (Å²) in [6.45, 7) is 0.254. The van der Waals surface area contributed by atoms with Gasteiger partial charge in [0.15, 0.2) is 0 Å². The summed E-state index contributed by atoms with van der Waals surface area (Å²) in [4.78, 5) is 0. The molecule has 0 spiro atoms. The van der Waals surface area contributed by atoms with E-state index < -0.39 is 0 Å². The average molecular weight is 348 g/mol. The van der Waals surface area contributed by atoms with Crippen molar-refractivity contribution in [2.75, 3.05) is 35.0 Å². The molecule has 1 N–H and O–H groups in total. The summed E-state index contributed by atoms with van der Waals surface area (Å²) in [5, 5.41) is 10.6. The number of aliphatic hydroxyl groups is 1. The third-order valence-corrected chi connectivity index (χ3v) is 4.42. The third-order valence-electron chi connectivity index (χ3n) is 4.42. The Morgan fingerprint density at radius 1 is 0.720 bits per heavy atom. The van der Waals surface area contributed by atoms with Gasteiger partial charge < -0.3 is 24.1 Å². The third kappa shape index (κ3) is 4.10. The molecular formula is C20H28O5. The van der Waals surface area contributed by atoms with Crippen LogP contribution < -0.4 is 18.9 Å². The van der Waals surface area contributed by atoms with Crippen molar-refractivity contribution in [3.63, 3.8) is 0 Å². The monoisotopic (exact) mass is 348 g/mol. The zero-order valence-corrected chi connectivity index (χ0v) is 15.6. The van der Waals surface area contributed by atoms with Gasteiger partial charge in [-0.25, -0.2) is 0 Å². The van der Waals surface area contributed by atoms with Gasteiger partial charge in [0.05, 0.1) is 39.2 Å². The van der Waals surface area contributed by atoms with E-state index in [0.717, 1.165) is 71.4 Å². The molecule has 25 heavy (non-hydrogen) atoms. The van der Waals surface area contributed by atoms with E-state index in [-0.39, 0.29) is 6.61 Å². The lowest BCUT2D eigenvalue weighted by atomic mass is 9.98. The lowest BCUT2D eigenvalue weighted by molar-refractivity contribution is 0.282. The van der Waals surface area contributed by atoms with Crippen LogP contribution in [0.2, 0.25) is 0 Å². The second kappa shape index (κ2) is 9.37. The first-order valence-electron chi connectivity index (χ1n) is 8.61. The van der Waals surface area contributed by atoms with Gasteiger partial charge in [0.25, 0.3) is 0 Å². The van der Waals surface area contributed by atoms with Crippen molar-refractivity contribution in [2.24, 2.45) is 0 Å². The van der Waals surface area contributed by atoms with E-state index in [0.29, 0.717) is 0 Å². The number of fused-ring (bicyclic) bond motifs is 1. The summed E-state index contributed by atoms with van der Waals surface area (Å²) in [5.74, 6) is 3.00. The van der Waals surface area contributed by atoms with E-state index in [1.54, 1.807) is 28.4 Å². The zero-order chi connectivity index (χ0) is 18.2. The Hall–Kier alpha value is -2.14. The Morgan fingerprint density at radius 2 is 1.32 bits per heavy atom. The highest BCUT2D eigenvalue weighted by Gasteiger charge is 2.20. The summed E-state index contributed by atoms with van der Waals surface area (Å²) in [5.41, 5.74) is 1.09. The molecule has 138 valence electrons. The highest BCUT2D eigenvalue weighted by Crippen LogP contribution is 2.46. The van der Waals surface area contributed by atoms with Gasteiger partial charge in [-0.05, 0) is 43.0 Å². The average Bonchev–Trinajstić information content (AvgIpc) is 2.65. The van der Waals surface area contributed by atoms with E-state index in [1.807, 2.05) is 18.2 Å². The fraction of sp³-hybridized carbons (Fsp3) is 0.500. The van der Waals surface area contributed by atoms with Crippen LogP contribution >= 0.6 is 0 Å². The fourth-order valence-corrected chi connectivity index (χ4v) is 3.19. The maximum Gasteiger partial charge on any atom is 0.134 e. The van der Waals surface area contributed by atoms with Gasteiger partial charge in [-0.1, -0.05) is 12.8 Å². The highest BCUT2D eigenvalue weighted by atomic mass is 16.5. The van der Waals surface area contributed by atoms with Crippen molar-refractivity contribution >= 4 is 10.8 Å². The molecule has 0 aliphatic heterocycles. The Kier molecular flexibility index (Phi) is 7.19. The number of rotatable bonds is 10. The predicted molar refractivity (Wildman–Crippen MR) is 99.4 cm³/mol. The largest absolute Gasteiger partial charge is 0.496 e. The lowest BCUT2D eigenvalue weighted by Gasteiger charge is -2.19. The van der Waals surface area contributed by atoms with Crippen LogP contribution in [0, 0.1) is 0 Å². The van der Waals surface area contributed by atoms with Crippen LogP contribution in [0.4, 0.5) is 0 Å². The quantitative estimate of drug-likeness (QED) is 0.659. The fourth-order valence-electron chi connectivity index (χ4n) is 3.19. The maximum atomic E-state index is 8.90. The summed E-state index contributed by atoms with van der Waals surface area (Å²) in [7, 11) is 6.62. The molecule has 0 aromatic heterocycles. The molecule has 0 amide bonds. The Balaban J connectivity index is 2.52. The van der Waals surface area contributed by atoms with Crippen molar-refractivity contribution in [1.82, 2.24) is 0 Å². The molecule has 5 heteroatoms. The molecular weight excluding hydrogens is 320 g/mol. The molecule has 2 aromatic carbocycles. The van der Waals surface area contributed by atoms with Crippen molar-refractivity contribution in [3.8, 4) is 23.0 Å². The molecule has 0 aliphatic carbocycles. The number of hydrogen-bond acceptors (Lipinski definition) is 5. The number of aryl methyl sites for hydroxylation is 1. The highest BCUT2D eigenvalue weighted by molar-refractivity contribution is 6.03. The van der Waals surface area contributed by atoms with E-state index >= 15 is 0 Å². The van der Waals surface area contributed by atoms with Crippen LogP contribution in [-0.2, 0) is 6.42 Å². The molecule has 0 radical (unpaired) electrons. The molecule has 0 atom stereocenters. The normalized spacial score (nSPS) is 10.8. The van der Waals surface area contributed by atoms with Crippen LogP contribution in [0.15, 0.2) is 18.2 Å². The Bertz CT molecular complexity index is 696. The van der Waals surface area contributed by atoms with Crippen LogP contribution in [0.1, 0.15) is 31.2 Å². The minimum atomic E-state index is 0.254. The number of unbranched alkanes of at least 4 members (excludes halogenated alkanes) is 3. The number of ether oxygens (including phenoxy) is 4. The molecule has 2 rings (SSSR count). The number of hydrogen-bond donors (Lipinski definition) is 1. The number of aliphatic hydroxyl groups excluding tert-OH is 1. The van der Waals surface area contributed by atoms with Crippen molar-refractivity contribution in [2.45, 2.75) is 32.1 Å². The van der Waals surface area contributed by atoms with Gasteiger partial charge in [0, 0.05) is 6.61 Å². The van der Waals surface area contributed by atoms with E-state index in [1.165, 1.54) is 0 Å². The SMILES string of the molecule is COc1ccc(OC)c2c(OC)c(CCCCCCO)cc(OC)c12. The van der Waals surface area contributed by atoms with E-state index in [4.69, 9.17) is 24.1 Å². The molecule has 2 aromatic rings. The number of benzene rings is 2. The molecule has 0 heterocycles. The van der Waals surface area contributed by atoms with E-state index in [9.17, 15) is 0 Å². The van der Waals surface area contributed by atoms with Crippen molar-refractivity contribution in [1.29, 1.82) is 0 Å².